The van der Waals surface area contributed by atoms with Gasteiger partial charge in [0.15, 0.2) is 11.5 Å². The number of ether oxygens (including phenoxy) is 2. The zero-order valence-corrected chi connectivity index (χ0v) is 19.8. The molecule has 1 amide bonds. The number of sulfonamides is 1. The normalized spacial score (nSPS) is 21.0. The van der Waals surface area contributed by atoms with Gasteiger partial charge in [0.05, 0.1) is 23.0 Å². The van der Waals surface area contributed by atoms with Gasteiger partial charge in [-0.1, -0.05) is 18.2 Å². The average molecular weight is 472 g/mol. The van der Waals surface area contributed by atoms with E-state index in [2.05, 4.69) is 11.9 Å². The minimum Gasteiger partial charge on any atom is -0.486 e. The first-order chi connectivity index (χ1) is 15.9. The van der Waals surface area contributed by atoms with Crippen LogP contribution in [0.1, 0.15) is 24.3 Å². The number of amides is 1. The SMILES string of the molecule is CN1CCC(N(C)C(=O)C2CN(S(=O)(=O)c3ccc4c(c3)OCCO4)c3ccccc32)CC1. The zero-order chi connectivity index (χ0) is 23.2. The van der Waals surface area contributed by atoms with Crippen LogP contribution in [0.4, 0.5) is 5.69 Å². The van der Waals surface area contributed by atoms with E-state index < -0.39 is 15.9 Å². The number of fused-ring (bicyclic) bond motifs is 2. The van der Waals surface area contributed by atoms with Crippen LogP contribution in [0.25, 0.3) is 0 Å². The summed E-state index contributed by atoms with van der Waals surface area (Å²) >= 11 is 0. The molecular weight excluding hydrogens is 442 g/mol. The molecule has 0 spiro atoms. The molecule has 3 heterocycles. The van der Waals surface area contributed by atoms with Gasteiger partial charge in [-0.25, -0.2) is 8.42 Å². The van der Waals surface area contributed by atoms with Crippen molar-refractivity contribution in [3.63, 3.8) is 0 Å². The molecule has 0 aromatic heterocycles. The summed E-state index contributed by atoms with van der Waals surface area (Å²) < 4.78 is 39.8. The standard InChI is InChI=1S/C24H29N3O5S/c1-25-11-9-17(10-12-25)26(2)24(28)20-16-27(21-6-4-3-5-19(20)21)33(29,30)18-7-8-22-23(15-18)32-14-13-31-22/h3-8,15,17,20H,9-14,16H2,1-2H3. The second-order valence-corrected chi connectivity index (χ2v) is 10.8. The molecule has 0 N–H and O–H groups in total. The Labute approximate surface area is 194 Å². The van der Waals surface area contributed by atoms with Crippen molar-refractivity contribution in [2.75, 3.05) is 51.2 Å². The summed E-state index contributed by atoms with van der Waals surface area (Å²) in [5, 5.41) is 0. The van der Waals surface area contributed by atoms with Gasteiger partial charge in [0.2, 0.25) is 5.91 Å². The number of rotatable bonds is 4. The Morgan fingerprint density at radius 3 is 2.48 bits per heavy atom. The van der Waals surface area contributed by atoms with Gasteiger partial charge in [0.25, 0.3) is 10.0 Å². The van der Waals surface area contributed by atoms with Crippen molar-refractivity contribution in [3.05, 3.63) is 48.0 Å². The molecule has 33 heavy (non-hydrogen) atoms. The number of hydrogen-bond donors (Lipinski definition) is 0. The average Bonchev–Trinajstić information content (AvgIpc) is 3.24. The molecular formula is C24H29N3O5S. The van der Waals surface area contributed by atoms with Gasteiger partial charge < -0.3 is 19.3 Å². The lowest BCUT2D eigenvalue weighted by atomic mass is 9.97. The highest BCUT2D eigenvalue weighted by atomic mass is 32.2. The molecule has 1 atom stereocenters. The summed E-state index contributed by atoms with van der Waals surface area (Å²) in [6, 6.07) is 12.1. The van der Waals surface area contributed by atoms with Gasteiger partial charge in [0, 0.05) is 19.2 Å². The maximum atomic E-state index is 13.7. The Balaban J connectivity index is 1.44. The van der Waals surface area contributed by atoms with E-state index in [1.807, 2.05) is 24.1 Å². The van der Waals surface area contributed by atoms with Gasteiger partial charge in [-0.15, -0.1) is 0 Å². The van der Waals surface area contributed by atoms with E-state index in [0.717, 1.165) is 31.5 Å². The quantitative estimate of drug-likeness (QED) is 0.681. The molecule has 2 aromatic carbocycles. The lowest BCUT2D eigenvalue weighted by Crippen LogP contribution is -2.46. The van der Waals surface area contributed by atoms with Gasteiger partial charge in [0.1, 0.15) is 13.2 Å². The first-order valence-electron chi connectivity index (χ1n) is 11.3. The lowest BCUT2D eigenvalue weighted by molar-refractivity contribution is -0.134. The molecule has 2 aromatic rings. The molecule has 3 aliphatic heterocycles. The number of anilines is 1. The summed E-state index contributed by atoms with van der Waals surface area (Å²) in [4.78, 5) is 17.8. The highest BCUT2D eigenvalue weighted by Gasteiger charge is 2.42. The number of benzene rings is 2. The highest BCUT2D eigenvalue weighted by Crippen LogP contribution is 2.42. The predicted molar refractivity (Wildman–Crippen MR) is 124 cm³/mol. The fraction of sp³-hybridized carbons (Fsp3) is 0.458. The minimum absolute atomic E-state index is 0.0307. The van der Waals surface area contributed by atoms with Crippen LogP contribution in [0.3, 0.4) is 0 Å². The van der Waals surface area contributed by atoms with Gasteiger partial charge in [-0.2, -0.15) is 0 Å². The number of carbonyl (C=O) groups excluding carboxylic acids is 1. The summed E-state index contributed by atoms with van der Waals surface area (Å²) in [5.74, 6) is 0.397. The van der Waals surface area contributed by atoms with Gasteiger partial charge >= 0.3 is 0 Å². The third-order valence-electron chi connectivity index (χ3n) is 6.91. The molecule has 5 rings (SSSR count). The largest absolute Gasteiger partial charge is 0.486 e. The third kappa shape index (κ3) is 3.93. The molecule has 9 heteroatoms. The van der Waals surface area contributed by atoms with E-state index in [-0.39, 0.29) is 23.4 Å². The van der Waals surface area contributed by atoms with Gasteiger partial charge in [-0.05, 0) is 56.7 Å². The molecule has 0 aliphatic carbocycles. The molecule has 0 bridgehead atoms. The van der Waals surface area contributed by atoms with Crippen molar-refractivity contribution in [2.45, 2.75) is 29.7 Å². The molecule has 3 aliphatic rings. The Morgan fingerprint density at radius 2 is 1.73 bits per heavy atom. The monoisotopic (exact) mass is 471 g/mol. The van der Waals surface area contributed by atoms with Gasteiger partial charge in [-0.3, -0.25) is 9.10 Å². The second-order valence-electron chi connectivity index (χ2n) is 8.94. The first-order valence-corrected chi connectivity index (χ1v) is 12.8. The van der Waals surface area contributed by atoms with E-state index in [1.165, 1.54) is 16.4 Å². The number of piperidine rings is 1. The van der Waals surface area contributed by atoms with Crippen LogP contribution in [-0.4, -0.2) is 77.1 Å². The molecule has 0 radical (unpaired) electrons. The molecule has 1 unspecified atom stereocenters. The van der Waals surface area contributed by atoms with Crippen molar-refractivity contribution in [1.82, 2.24) is 9.80 Å². The Morgan fingerprint density at radius 1 is 1.03 bits per heavy atom. The van der Waals surface area contributed by atoms with E-state index in [1.54, 1.807) is 18.2 Å². The fourth-order valence-electron chi connectivity index (χ4n) is 4.93. The number of likely N-dealkylation sites (N-methyl/N-ethyl adjacent to an activating group) is 1. The highest BCUT2D eigenvalue weighted by molar-refractivity contribution is 7.92. The van der Waals surface area contributed by atoms with Crippen LogP contribution in [0.5, 0.6) is 11.5 Å². The van der Waals surface area contributed by atoms with E-state index >= 15 is 0 Å². The van der Waals surface area contributed by atoms with Crippen molar-refractivity contribution in [2.24, 2.45) is 0 Å². The zero-order valence-electron chi connectivity index (χ0n) is 18.9. The maximum absolute atomic E-state index is 13.7. The molecule has 8 nitrogen and oxygen atoms in total. The maximum Gasteiger partial charge on any atom is 0.264 e. The van der Waals surface area contributed by atoms with Crippen LogP contribution >= 0.6 is 0 Å². The smallest absolute Gasteiger partial charge is 0.264 e. The summed E-state index contributed by atoms with van der Waals surface area (Å²) in [5.41, 5.74) is 1.31. The van der Waals surface area contributed by atoms with Crippen LogP contribution in [0.2, 0.25) is 0 Å². The minimum atomic E-state index is -3.89. The van der Waals surface area contributed by atoms with Crippen LogP contribution in [0.15, 0.2) is 47.4 Å². The number of nitrogens with zero attached hydrogens (tertiary/aromatic N) is 3. The number of carbonyl (C=O) groups is 1. The summed E-state index contributed by atoms with van der Waals surface area (Å²) in [6.45, 7) is 2.81. The molecule has 0 saturated carbocycles. The molecule has 176 valence electrons. The van der Waals surface area contributed by atoms with Crippen molar-refractivity contribution >= 4 is 21.6 Å². The Bertz CT molecular complexity index is 1160. The lowest BCUT2D eigenvalue weighted by Gasteiger charge is -2.36. The Kier molecular flexibility index (Phi) is 5.70. The van der Waals surface area contributed by atoms with E-state index in [4.69, 9.17) is 9.47 Å². The van der Waals surface area contributed by atoms with Crippen molar-refractivity contribution < 1.29 is 22.7 Å². The van der Waals surface area contributed by atoms with Crippen LogP contribution in [-0.2, 0) is 14.8 Å². The Hall–Kier alpha value is -2.78. The fourth-order valence-corrected chi connectivity index (χ4v) is 6.45. The summed E-state index contributed by atoms with van der Waals surface area (Å²) in [7, 11) is 0.0458. The molecule has 1 fully saturated rings. The summed E-state index contributed by atoms with van der Waals surface area (Å²) in [6.07, 6.45) is 1.85. The number of likely N-dealkylation sites (tertiary alicyclic amines) is 1. The second kappa shape index (κ2) is 8.53. The van der Waals surface area contributed by atoms with E-state index in [0.29, 0.717) is 30.4 Å². The first kappa shape index (κ1) is 22.0. The topological polar surface area (TPSA) is 79.4 Å². The van der Waals surface area contributed by atoms with Crippen molar-refractivity contribution in [1.29, 1.82) is 0 Å². The van der Waals surface area contributed by atoms with Crippen molar-refractivity contribution in [3.8, 4) is 11.5 Å². The number of hydrogen-bond acceptors (Lipinski definition) is 6. The molecule has 1 saturated heterocycles. The van der Waals surface area contributed by atoms with E-state index in [9.17, 15) is 13.2 Å². The predicted octanol–water partition coefficient (Wildman–Crippen LogP) is 2.30. The van der Waals surface area contributed by atoms with Crippen LogP contribution < -0.4 is 13.8 Å². The van der Waals surface area contributed by atoms with Crippen LogP contribution in [0, 0.1) is 0 Å². The third-order valence-corrected chi connectivity index (χ3v) is 8.69. The number of para-hydroxylation sites is 1.